The zero-order valence-corrected chi connectivity index (χ0v) is 10.9. The van der Waals surface area contributed by atoms with Crippen molar-refractivity contribution in [1.29, 1.82) is 0 Å². The molecule has 2 aliphatic rings. The second kappa shape index (κ2) is 6.15. The number of hydrogen-bond acceptors (Lipinski definition) is 4. The first-order valence-corrected chi connectivity index (χ1v) is 6.99. The standard InChI is InChI=1S/C14H25NO3/c1-2-10-3-5-11(6-4-10)7-15-8-12(16)14(18)13(17)9-15/h2,10-14,16-18H,1,3-9H2/t10-,11+,12-,13+,14+. The van der Waals surface area contributed by atoms with Crippen LogP contribution in [-0.2, 0) is 0 Å². The smallest absolute Gasteiger partial charge is 0.108 e. The fourth-order valence-corrected chi connectivity index (χ4v) is 3.20. The number of aliphatic hydroxyl groups is 3. The first-order chi connectivity index (χ1) is 8.60. The predicted molar refractivity (Wildman–Crippen MR) is 70.1 cm³/mol. The van der Waals surface area contributed by atoms with E-state index < -0.39 is 18.3 Å². The molecule has 1 heterocycles. The molecular formula is C14H25NO3. The van der Waals surface area contributed by atoms with Gasteiger partial charge in [-0.15, -0.1) is 6.58 Å². The summed E-state index contributed by atoms with van der Waals surface area (Å²) in [7, 11) is 0. The number of aliphatic hydroxyl groups excluding tert-OH is 3. The van der Waals surface area contributed by atoms with Crippen LogP contribution >= 0.6 is 0 Å². The van der Waals surface area contributed by atoms with Gasteiger partial charge in [-0.25, -0.2) is 0 Å². The van der Waals surface area contributed by atoms with Crippen LogP contribution in [0.15, 0.2) is 12.7 Å². The Hall–Kier alpha value is -0.420. The van der Waals surface area contributed by atoms with Gasteiger partial charge in [0.15, 0.2) is 0 Å². The fourth-order valence-electron chi connectivity index (χ4n) is 3.20. The summed E-state index contributed by atoms with van der Waals surface area (Å²) in [4.78, 5) is 2.08. The van der Waals surface area contributed by atoms with Crippen LogP contribution in [0.4, 0.5) is 0 Å². The molecule has 2 fully saturated rings. The van der Waals surface area contributed by atoms with Gasteiger partial charge in [0.05, 0.1) is 12.2 Å². The van der Waals surface area contributed by atoms with Crippen LogP contribution in [0.2, 0.25) is 0 Å². The molecule has 0 aromatic carbocycles. The largest absolute Gasteiger partial charge is 0.389 e. The summed E-state index contributed by atoms with van der Waals surface area (Å²) in [6.07, 6.45) is 4.23. The van der Waals surface area contributed by atoms with Crippen LogP contribution in [0, 0.1) is 11.8 Å². The molecule has 0 aromatic heterocycles. The van der Waals surface area contributed by atoms with Crippen LogP contribution < -0.4 is 0 Å². The summed E-state index contributed by atoms with van der Waals surface area (Å²) in [5, 5.41) is 28.8. The Kier molecular flexibility index (Phi) is 4.78. The molecule has 4 nitrogen and oxygen atoms in total. The van der Waals surface area contributed by atoms with E-state index in [2.05, 4.69) is 17.6 Å². The Morgan fingerprint density at radius 1 is 1.00 bits per heavy atom. The third kappa shape index (κ3) is 3.32. The summed E-state index contributed by atoms with van der Waals surface area (Å²) in [5.74, 6) is 1.32. The SMILES string of the molecule is C=C[C@H]1CC[C@@H](CN2C[C@@H](O)[C@H](O)[C@@H](O)C2)CC1. The fraction of sp³-hybridized carbons (Fsp3) is 0.857. The lowest BCUT2D eigenvalue weighted by Gasteiger charge is -2.39. The van der Waals surface area contributed by atoms with Crippen LogP contribution in [0.1, 0.15) is 25.7 Å². The molecule has 3 atom stereocenters. The number of hydrogen-bond donors (Lipinski definition) is 3. The molecule has 18 heavy (non-hydrogen) atoms. The normalized spacial score (nSPS) is 42.7. The lowest BCUT2D eigenvalue weighted by Crippen LogP contribution is -2.56. The van der Waals surface area contributed by atoms with Gasteiger partial charge in [-0.05, 0) is 37.5 Å². The lowest BCUT2D eigenvalue weighted by molar-refractivity contribution is -0.112. The van der Waals surface area contributed by atoms with Crippen molar-refractivity contribution in [3.63, 3.8) is 0 Å². The zero-order valence-electron chi connectivity index (χ0n) is 10.9. The van der Waals surface area contributed by atoms with Crippen molar-refractivity contribution in [1.82, 2.24) is 4.90 Å². The maximum atomic E-state index is 9.66. The number of likely N-dealkylation sites (tertiary alicyclic amines) is 1. The van der Waals surface area contributed by atoms with Crippen molar-refractivity contribution < 1.29 is 15.3 Å². The molecule has 1 aliphatic carbocycles. The zero-order chi connectivity index (χ0) is 13.1. The van der Waals surface area contributed by atoms with Gasteiger partial charge in [0.2, 0.25) is 0 Å². The highest BCUT2D eigenvalue weighted by Gasteiger charge is 2.34. The van der Waals surface area contributed by atoms with Gasteiger partial charge in [0.1, 0.15) is 6.10 Å². The number of nitrogens with zero attached hydrogens (tertiary/aromatic N) is 1. The number of piperidine rings is 1. The summed E-state index contributed by atoms with van der Waals surface area (Å²) >= 11 is 0. The van der Waals surface area contributed by atoms with E-state index in [0.717, 1.165) is 6.54 Å². The van der Waals surface area contributed by atoms with E-state index in [9.17, 15) is 15.3 Å². The van der Waals surface area contributed by atoms with Crippen molar-refractivity contribution in [3.05, 3.63) is 12.7 Å². The topological polar surface area (TPSA) is 63.9 Å². The molecule has 0 spiro atoms. The van der Waals surface area contributed by atoms with Crippen molar-refractivity contribution in [2.45, 2.75) is 44.0 Å². The minimum Gasteiger partial charge on any atom is -0.389 e. The molecule has 0 unspecified atom stereocenters. The minimum absolute atomic E-state index is 0.472. The van der Waals surface area contributed by atoms with Crippen molar-refractivity contribution in [2.75, 3.05) is 19.6 Å². The van der Waals surface area contributed by atoms with Crippen LogP contribution in [0.3, 0.4) is 0 Å². The third-order valence-electron chi connectivity index (χ3n) is 4.42. The number of β-amino-alcohol motifs (C(OH)–C–C–N with tert-alkyl or cyclic N) is 2. The predicted octanol–water partition coefficient (Wildman–Crippen LogP) is 0.377. The molecular weight excluding hydrogens is 230 g/mol. The summed E-state index contributed by atoms with van der Waals surface area (Å²) < 4.78 is 0. The maximum absolute atomic E-state index is 9.66. The summed E-state index contributed by atoms with van der Waals surface area (Å²) in [6.45, 7) is 5.71. The monoisotopic (exact) mass is 255 g/mol. The molecule has 4 heteroatoms. The van der Waals surface area contributed by atoms with Crippen molar-refractivity contribution >= 4 is 0 Å². The van der Waals surface area contributed by atoms with Crippen molar-refractivity contribution in [2.24, 2.45) is 11.8 Å². The second-order valence-corrected chi connectivity index (χ2v) is 5.86. The highest BCUT2D eigenvalue weighted by Crippen LogP contribution is 2.30. The molecule has 1 saturated carbocycles. The Morgan fingerprint density at radius 2 is 1.56 bits per heavy atom. The lowest BCUT2D eigenvalue weighted by atomic mass is 9.81. The molecule has 1 saturated heterocycles. The number of rotatable bonds is 3. The molecule has 0 bridgehead atoms. The second-order valence-electron chi connectivity index (χ2n) is 5.86. The molecule has 3 N–H and O–H groups in total. The van der Waals surface area contributed by atoms with Crippen LogP contribution in [0.25, 0.3) is 0 Å². The van der Waals surface area contributed by atoms with Gasteiger partial charge < -0.3 is 15.3 Å². The highest BCUT2D eigenvalue weighted by atomic mass is 16.4. The van der Waals surface area contributed by atoms with E-state index in [1.807, 2.05) is 0 Å². The minimum atomic E-state index is -0.988. The summed E-state index contributed by atoms with van der Waals surface area (Å²) in [6, 6.07) is 0. The molecule has 104 valence electrons. The van der Waals surface area contributed by atoms with E-state index in [1.54, 1.807) is 0 Å². The van der Waals surface area contributed by atoms with Gasteiger partial charge in [-0.1, -0.05) is 6.08 Å². The average Bonchev–Trinajstić information content (AvgIpc) is 2.37. The molecule has 1 aliphatic heterocycles. The molecule has 0 radical (unpaired) electrons. The van der Waals surface area contributed by atoms with E-state index in [-0.39, 0.29) is 0 Å². The van der Waals surface area contributed by atoms with E-state index >= 15 is 0 Å². The van der Waals surface area contributed by atoms with E-state index in [1.165, 1.54) is 25.7 Å². The van der Waals surface area contributed by atoms with Gasteiger partial charge in [0, 0.05) is 19.6 Å². The quantitative estimate of drug-likeness (QED) is 0.638. The Labute approximate surface area is 109 Å². The van der Waals surface area contributed by atoms with Crippen LogP contribution in [0.5, 0.6) is 0 Å². The van der Waals surface area contributed by atoms with Gasteiger partial charge >= 0.3 is 0 Å². The molecule has 2 rings (SSSR count). The Morgan fingerprint density at radius 3 is 2.06 bits per heavy atom. The van der Waals surface area contributed by atoms with Gasteiger partial charge in [-0.3, -0.25) is 4.90 Å². The maximum Gasteiger partial charge on any atom is 0.108 e. The molecule has 0 amide bonds. The molecule has 0 aromatic rings. The van der Waals surface area contributed by atoms with E-state index in [4.69, 9.17) is 0 Å². The highest BCUT2D eigenvalue weighted by molar-refractivity contribution is 4.89. The Balaban J connectivity index is 1.78. The van der Waals surface area contributed by atoms with Gasteiger partial charge in [0.25, 0.3) is 0 Å². The first-order valence-electron chi connectivity index (χ1n) is 6.99. The number of allylic oxidation sites excluding steroid dienone is 1. The Bertz CT molecular complexity index is 264. The van der Waals surface area contributed by atoms with Crippen molar-refractivity contribution in [3.8, 4) is 0 Å². The van der Waals surface area contributed by atoms with E-state index in [0.29, 0.717) is 24.9 Å². The third-order valence-corrected chi connectivity index (χ3v) is 4.42. The van der Waals surface area contributed by atoms with Gasteiger partial charge in [-0.2, -0.15) is 0 Å². The average molecular weight is 255 g/mol. The first kappa shape index (κ1) is 14.0. The summed E-state index contributed by atoms with van der Waals surface area (Å²) in [5.41, 5.74) is 0. The van der Waals surface area contributed by atoms with Crippen LogP contribution in [-0.4, -0.2) is 58.2 Å².